The first-order valence-electron chi connectivity index (χ1n) is 4.34. The SMILES string of the molecule is CC(C)C(N)=O.COC(=O)CC(=O)C(=O)S.[HH]. The predicted molar refractivity (Wildman–Crippen MR) is 61.8 cm³/mol. The summed E-state index contributed by atoms with van der Waals surface area (Å²) in [4.78, 5) is 40.7. The summed E-state index contributed by atoms with van der Waals surface area (Å²) in [5.74, 6) is -1.83. The van der Waals surface area contributed by atoms with E-state index in [0.29, 0.717) is 0 Å². The van der Waals surface area contributed by atoms with E-state index < -0.39 is 23.3 Å². The molecule has 7 heteroatoms. The fraction of sp³-hybridized carbons (Fsp3) is 0.556. The number of rotatable bonds is 4. The van der Waals surface area contributed by atoms with Gasteiger partial charge in [0, 0.05) is 7.34 Å². The monoisotopic (exact) mass is 251 g/mol. The lowest BCUT2D eigenvalue weighted by molar-refractivity contribution is -0.145. The molecule has 1 amide bonds. The summed E-state index contributed by atoms with van der Waals surface area (Å²) in [6, 6.07) is 0. The number of hydrogen-bond donors (Lipinski definition) is 2. The van der Waals surface area contributed by atoms with Gasteiger partial charge in [0.2, 0.25) is 11.7 Å². The number of methoxy groups -OCH3 is 1. The van der Waals surface area contributed by atoms with Gasteiger partial charge < -0.3 is 10.5 Å². The summed E-state index contributed by atoms with van der Waals surface area (Å²) in [6.45, 7) is 3.53. The standard InChI is InChI=1S/C5H6O4S.C4H9NO.H2/c1-9-4(7)2-3(6)5(8)10;1-3(2)4(5)6;/h2H2,1H3,(H,8,10);3H,1-2H3,(H2,5,6);1H. The number of esters is 1. The molecule has 0 aliphatic carbocycles. The number of carbonyl (C=O) groups excluding carboxylic acids is 4. The molecule has 2 N–H and O–H groups in total. The Hall–Kier alpha value is -1.37. The summed E-state index contributed by atoms with van der Waals surface area (Å²) >= 11 is 3.21. The molecule has 0 fully saturated rings. The minimum absolute atomic E-state index is 0. The van der Waals surface area contributed by atoms with E-state index in [0.717, 1.165) is 7.11 Å². The Bertz CT molecular complexity index is 293. The van der Waals surface area contributed by atoms with Crippen LogP contribution in [-0.2, 0) is 23.9 Å². The number of ketones is 1. The third-order valence-corrected chi connectivity index (χ3v) is 1.59. The maximum atomic E-state index is 10.4. The van der Waals surface area contributed by atoms with Gasteiger partial charge in [-0.1, -0.05) is 26.5 Å². The number of Topliss-reactive ketones (excluding diaryl/α,β-unsaturated/α-hetero) is 1. The van der Waals surface area contributed by atoms with E-state index in [4.69, 9.17) is 5.73 Å². The van der Waals surface area contributed by atoms with Gasteiger partial charge in [-0.15, -0.1) is 0 Å². The van der Waals surface area contributed by atoms with Crippen molar-refractivity contribution in [1.82, 2.24) is 0 Å². The van der Waals surface area contributed by atoms with Gasteiger partial charge in [0.15, 0.2) is 0 Å². The van der Waals surface area contributed by atoms with E-state index >= 15 is 0 Å². The summed E-state index contributed by atoms with van der Waals surface area (Å²) in [6.07, 6.45) is -0.529. The van der Waals surface area contributed by atoms with Crippen LogP contribution in [0.15, 0.2) is 0 Å². The highest BCUT2D eigenvalue weighted by molar-refractivity contribution is 7.98. The van der Waals surface area contributed by atoms with Gasteiger partial charge in [0.05, 0.1) is 7.11 Å². The average Bonchev–Trinajstić information content (AvgIpc) is 2.18. The fourth-order valence-corrected chi connectivity index (χ4v) is 0.358. The second kappa shape index (κ2) is 8.90. The minimum atomic E-state index is -0.926. The second-order valence-corrected chi connectivity index (χ2v) is 3.44. The van der Waals surface area contributed by atoms with Gasteiger partial charge >= 0.3 is 5.97 Å². The Kier molecular flexibility index (Phi) is 9.48. The van der Waals surface area contributed by atoms with Gasteiger partial charge in [-0.3, -0.25) is 19.2 Å². The van der Waals surface area contributed by atoms with Crippen LogP contribution in [-0.4, -0.2) is 29.9 Å². The highest BCUT2D eigenvalue weighted by Crippen LogP contribution is 1.90. The third kappa shape index (κ3) is 10.7. The number of primary amides is 1. The summed E-state index contributed by atoms with van der Waals surface area (Å²) in [5, 5.41) is -0.926. The molecule has 0 saturated heterocycles. The van der Waals surface area contributed by atoms with Crippen molar-refractivity contribution in [3.8, 4) is 0 Å². The van der Waals surface area contributed by atoms with Crippen LogP contribution < -0.4 is 5.73 Å². The van der Waals surface area contributed by atoms with Gasteiger partial charge in [0.25, 0.3) is 5.12 Å². The van der Waals surface area contributed by atoms with Crippen molar-refractivity contribution in [1.29, 1.82) is 0 Å². The number of amides is 1. The molecule has 0 saturated carbocycles. The predicted octanol–water partition coefficient (Wildman–Crippen LogP) is -0.0513. The maximum Gasteiger partial charge on any atom is 0.313 e. The highest BCUT2D eigenvalue weighted by atomic mass is 32.1. The van der Waals surface area contributed by atoms with Crippen molar-refractivity contribution in [3.05, 3.63) is 0 Å². The van der Waals surface area contributed by atoms with E-state index in [1.807, 2.05) is 0 Å². The smallest absolute Gasteiger partial charge is 0.313 e. The lowest BCUT2D eigenvalue weighted by atomic mass is 10.2. The number of thiol groups is 1. The highest BCUT2D eigenvalue weighted by Gasteiger charge is 2.13. The molecule has 0 aromatic heterocycles. The molecule has 94 valence electrons. The second-order valence-electron chi connectivity index (χ2n) is 3.04. The van der Waals surface area contributed by atoms with Crippen LogP contribution >= 0.6 is 12.6 Å². The van der Waals surface area contributed by atoms with Crippen molar-refractivity contribution in [2.75, 3.05) is 7.11 Å². The third-order valence-electron chi connectivity index (χ3n) is 1.34. The van der Waals surface area contributed by atoms with Crippen molar-refractivity contribution in [2.24, 2.45) is 11.7 Å². The molecule has 0 unspecified atom stereocenters. The van der Waals surface area contributed by atoms with Crippen molar-refractivity contribution in [3.63, 3.8) is 0 Å². The molecule has 0 aromatic carbocycles. The zero-order valence-electron chi connectivity index (χ0n) is 9.35. The van der Waals surface area contributed by atoms with Gasteiger partial charge in [-0.2, -0.15) is 0 Å². The molecule has 16 heavy (non-hydrogen) atoms. The number of nitrogens with two attached hydrogens (primary N) is 1. The molecule has 0 radical (unpaired) electrons. The Morgan fingerprint density at radius 3 is 1.88 bits per heavy atom. The zero-order valence-corrected chi connectivity index (χ0v) is 10.2. The zero-order chi connectivity index (χ0) is 13.3. The van der Waals surface area contributed by atoms with Crippen molar-refractivity contribution in [2.45, 2.75) is 20.3 Å². The lowest BCUT2D eigenvalue weighted by Crippen LogP contribution is -2.17. The van der Waals surface area contributed by atoms with Crippen LogP contribution in [0.3, 0.4) is 0 Å². The molecule has 0 bridgehead atoms. The first kappa shape index (κ1) is 17.0. The molecule has 0 aliphatic rings. The quantitative estimate of drug-likeness (QED) is 0.315. The van der Waals surface area contributed by atoms with Crippen LogP contribution in [0.5, 0.6) is 0 Å². The van der Waals surface area contributed by atoms with E-state index in [1.165, 1.54) is 0 Å². The number of ether oxygens (including phenoxy) is 1. The molecule has 0 aromatic rings. The van der Waals surface area contributed by atoms with Crippen molar-refractivity contribution < 1.29 is 25.3 Å². The van der Waals surface area contributed by atoms with Gasteiger partial charge in [0.1, 0.15) is 6.42 Å². The minimum Gasteiger partial charge on any atom is -0.469 e. The van der Waals surface area contributed by atoms with E-state index in [9.17, 15) is 19.2 Å². The van der Waals surface area contributed by atoms with Crippen LogP contribution in [0.2, 0.25) is 0 Å². The summed E-state index contributed by atoms with van der Waals surface area (Å²) in [5.41, 5.74) is 4.80. The molecule has 0 rings (SSSR count). The van der Waals surface area contributed by atoms with E-state index in [1.54, 1.807) is 13.8 Å². The molecule has 0 atom stereocenters. The van der Waals surface area contributed by atoms with E-state index in [2.05, 4.69) is 17.4 Å². The number of carbonyl (C=O) groups is 4. The fourth-order valence-electron chi connectivity index (χ4n) is 0.279. The molecule has 0 spiro atoms. The van der Waals surface area contributed by atoms with Gasteiger partial charge in [-0.25, -0.2) is 0 Å². The Morgan fingerprint density at radius 1 is 1.31 bits per heavy atom. The van der Waals surface area contributed by atoms with Gasteiger partial charge in [-0.05, 0) is 0 Å². The first-order chi connectivity index (χ1) is 7.22. The topological polar surface area (TPSA) is 104 Å². The Labute approximate surface area is 100 Å². The van der Waals surface area contributed by atoms with Crippen LogP contribution in [0, 0.1) is 5.92 Å². The normalized spacial score (nSPS) is 8.81. The largest absolute Gasteiger partial charge is 0.469 e. The van der Waals surface area contributed by atoms with Crippen LogP contribution in [0.4, 0.5) is 0 Å². The maximum absolute atomic E-state index is 10.4. The lowest BCUT2D eigenvalue weighted by Gasteiger charge is -1.92. The Morgan fingerprint density at radius 2 is 1.69 bits per heavy atom. The first-order valence-corrected chi connectivity index (χ1v) is 4.79. The van der Waals surface area contributed by atoms with Crippen LogP contribution in [0.25, 0.3) is 0 Å². The number of hydrogen-bond acceptors (Lipinski definition) is 5. The molecule has 6 nitrogen and oxygen atoms in total. The molecule has 0 heterocycles. The summed E-state index contributed by atoms with van der Waals surface area (Å²) in [7, 11) is 1.14. The molecule has 0 aliphatic heterocycles. The van der Waals surface area contributed by atoms with Crippen molar-refractivity contribution >= 4 is 35.4 Å². The average molecular weight is 251 g/mol. The van der Waals surface area contributed by atoms with Crippen LogP contribution in [0.1, 0.15) is 21.7 Å². The molecular weight excluding hydrogens is 234 g/mol. The molecular formula is C9H17NO5S. The Balaban J connectivity index is -0.000000244. The summed E-state index contributed by atoms with van der Waals surface area (Å²) < 4.78 is 4.13. The van der Waals surface area contributed by atoms with E-state index in [-0.39, 0.29) is 13.3 Å².